The fraction of sp³-hybridized carbons (Fsp3) is 0.333. The Bertz CT molecular complexity index is 641. The third-order valence-electron chi connectivity index (χ3n) is 2.43. The molecule has 0 spiro atoms. The number of hydrogen-bond donors (Lipinski definition) is 2. The van der Waals surface area contributed by atoms with Crippen molar-refractivity contribution in [1.29, 1.82) is 0 Å². The van der Waals surface area contributed by atoms with Crippen LogP contribution in [0.15, 0.2) is 17.4 Å². The van der Waals surface area contributed by atoms with Gasteiger partial charge in [0.1, 0.15) is 5.82 Å². The molecule has 0 aliphatic rings. The van der Waals surface area contributed by atoms with Crippen molar-refractivity contribution in [2.75, 3.05) is 4.72 Å². The monoisotopic (exact) mass is 289 g/mol. The van der Waals surface area contributed by atoms with Crippen molar-refractivity contribution in [2.45, 2.75) is 18.4 Å². The van der Waals surface area contributed by atoms with Gasteiger partial charge < -0.3 is 0 Å². The normalized spacial score (nSPS) is 11.7. The van der Waals surface area contributed by atoms with E-state index in [0.29, 0.717) is 12.2 Å². The van der Waals surface area contributed by atoms with Crippen molar-refractivity contribution < 1.29 is 8.42 Å². The second kappa shape index (κ2) is 4.62. The van der Waals surface area contributed by atoms with Crippen molar-refractivity contribution >= 4 is 27.4 Å². The van der Waals surface area contributed by atoms with Gasteiger partial charge >= 0.3 is 0 Å². The lowest BCUT2D eigenvalue weighted by atomic mass is 10.3. The second-order valence-corrected chi connectivity index (χ2v) is 5.66. The van der Waals surface area contributed by atoms with Crippen LogP contribution in [-0.4, -0.2) is 28.4 Å². The Balaban J connectivity index is 2.40. The van der Waals surface area contributed by atoms with Gasteiger partial charge in [0.15, 0.2) is 5.03 Å². The minimum Gasteiger partial charge on any atom is -0.262 e. The maximum Gasteiger partial charge on any atom is 0.281 e. The number of rotatable bonds is 4. The van der Waals surface area contributed by atoms with Crippen molar-refractivity contribution in [3.63, 3.8) is 0 Å². The van der Waals surface area contributed by atoms with E-state index in [1.807, 2.05) is 6.92 Å². The van der Waals surface area contributed by atoms with E-state index >= 15 is 0 Å². The van der Waals surface area contributed by atoms with Crippen LogP contribution in [0.4, 0.5) is 5.82 Å². The molecule has 0 saturated heterocycles. The molecule has 0 atom stereocenters. The van der Waals surface area contributed by atoms with Gasteiger partial charge in [0.2, 0.25) is 0 Å². The van der Waals surface area contributed by atoms with Gasteiger partial charge in [-0.25, -0.2) is 0 Å². The topological polar surface area (TPSA) is 92.7 Å². The van der Waals surface area contributed by atoms with Gasteiger partial charge in [0.05, 0.1) is 17.4 Å². The second-order valence-electron chi connectivity index (χ2n) is 3.65. The van der Waals surface area contributed by atoms with Crippen molar-refractivity contribution in [3.05, 3.63) is 23.0 Å². The van der Waals surface area contributed by atoms with Crippen LogP contribution in [0.3, 0.4) is 0 Å². The highest BCUT2D eigenvalue weighted by molar-refractivity contribution is 7.92. The smallest absolute Gasteiger partial charge is 0.262 e. The average Bonchev–Trinajstić information content (AvgIpc) is 2.85. The standard InChI is InChI=1S/C9H12ClN5O2S/c1-3-6-4-11-13-8(6)14-18(16,17)9-7(10)5-12-15(9)2/h4-5H,3H2,1-2H3,(H2,11,13,14). The van der Waals surface area contributed by atoms with Crippen LogP contribution in [0, 0.1) is 0 Å². The fourth-order valence-corrected chi connectivity index (χ4v) is 3.27. The van der Waals surface area contributed by atoms with E-state index < -0.39 is 10.0 Å². The fourth-order valence-electron chi connectivity index (χ4n) is 1.55. The maximum atomic E-state index is 12.2. The molecule has 0 fully saturated rings. The number of H-pyrrole nitrogens is 1. The highest BCUT2D eigenvalue weighted by Crippen LogP contribution is 2.23. The van der Waals surface area contributed by atoms with Crippen LogP contribution in [-0.2, 0) is 23.5 Å². The summed E-state index contributed by atoms with van der Waals surface area (Å²) >= 11 is 5.82. The molecule has 2 N–H and O–H groups in total. The summed E-state index contributed by atoms with van der Waals surface area (Å²) in [5.41, 5.74) is 0.775. The largest absolute Gasteiger partial charge is 0.281 e. The van der Waals surface area contributed by atoms with Crippen molar-refractivity contribution in [3.8, 4) is 0 Å². The number of anilines is 1. The lowest BCUT2D eigenvalue weighted by Crippen LogP contribution is -2.18. The van der Waals surface area contributed by atoms with Crippen molar-refractivity contribution in [2.24, 2.45) is 7.05 Å². The van der Waals surface area contributed by atoms with Gasteiger partial charge in [0, 0.05) is 12.6 Å². The molecule has 0 saturated carbocycles. The molecule has 2 aromatic heterocycles. The Kier molecular flexibility index (Phi) is 3.31. The first-order valence-electron chi connectivity index (χ1n) is 5.18. The lowest BCUT2D eigenvalue weighted by Gasteiger charge is -2.08. The highest BCUT2D eigenvalue weighted by Gasteiger charge is 2.24. The summed E-state index contributed by atoms with van der Waals surface area (Å²) in [6, 6.07) is 0. The summed E-state index contributed by atoms with van der Waals surface area (Å²) in [5, 5.41) is 10.2. The Morgan fingerprint density at radius 1 is 1.50 bits per heavy atom. The number of nitrogens with one attached hydrogen (secondary N) is 2. The number of aryl methyl sites for hydroxylation is 2. The molecule has 2 rings (SSSR count). The van der Waals surface area contributed by atoms with Gasteiger partial charge in [-0.05, 0) is 6.42 Å². The number of halogens is 1. The predicted octanol–water partition coefficient (Wildman–Crippen LogP) is 1.16. The minimum absolute atomic E-state index is 0.0718. The Morgan fingerprint density at radius 3 is 2.78 bits per heavy atom. The van der Waals surface area contributed by atoms with Gasteiger partial charge in [-0.15, -0.1) is 0 Å². The summed E-state index contributed by atoms with van der Waals surface area (Å²) in [6.45, 7) is 1.90. The number of aromatic amines is 1. The zero-order valence-corrected chi connectivity index (χ0v) is 11.4. The Labute approximate surface area is 109 Å². The van der Waals surface area contributed by atoms with E-state index in [1.165, 1.54) is 17.9 Å². The van der Waals surface area contributed by atoms with Crippen LogP contribution >= 0.6 is 11.6 Å². The summed E-state index contributed by atoms with van der Waals surface area (Å²) < 4.78 is 27.9. The van der Waals surface area contributed by atoms with Gasteiger partial charge in [-0.2, -0.15) is 18.6 Å². The van der Waals surface area contributed by atoms with E-state index in [1.54, 1.807) is 6.20 Å². The quantitative estimate of drug-likeness (QED) is 0.883. The molecule has 9 heteroatoms. The van der Waals surface area contributed by atoms with E-state index in [-0.39, 0.29) is 10.0 Å². The molecule has 0 aromatic carbocycles. The van der Waals surface area contributed by atoms with Crippen LogP contribution in [0.1, 0.15) is 12.5 Å². The molecule has 0 bridgehead atoms. The van der Waals surface area contributed by atoms with Gasteiger partial charge in [0.25, 0.3) is 10.0 Å². The van der Waals surface area contributed by atoms with E-state index in [2.05, 4.69) is 20.0 Å². The molecule has 7 nitrogen and oxygen atoms in total. The number of nitrogens with zero attached hydrogens (tertiary/aromatic N) is 3. The number of aromatic nitrogens is 4. The first-order chi connectivity index (χ1) is 8.45. The van der Waals surface area contributed by atoms with Crippen molar-refractivity contribution in [1.82, 2.24) is 20.0 Å². The molecule has 0 aliphatic carbocycles. The third kappa shape index (κ3) is 2.21. The maximum absolute atomic E-state index is 12.2. The predicted molar refractivity (Wildman–Crippen MR) is 67.0 cm³/mol. The zero-order valence-electron chi connectivity index (χ0n) is 9.81. The molecule has 0 aliphatic heterocycles. The SMILES string of the molecule is CCc1cn[nH]c1NS(=O)(=O)c1c(Cl)cnn1C. The van der Waals surface area contributed by atoms with Crippen LogP contribution in [0.25, 0.3) is 0 Å². The van der Waals surface area contributed by atoms with Crippen LogP contribution in [0.5, 0.6) is 0 Å². The van der Waals surface area contributed by atoms with Gasteiger partial charge in [-0.3, -0.25) is 14.5 Å². The zero-order chi connectivity index (χ0) is 13.3. The molecule has 18 heavy (non-hydrogen) atoms. The van der Waals surface area contributed by atoms with E-state index in [0.717, 1.165) is 5.56 Å². The minimum atomic E-state index is -3.79. The lowest BCUT2D eigenvalue weighted by molar-refractivity contribution is 0.582. The number of sulfonamides is 1. The summed E-state index contributed by atoms with van der Waals surface area (Å²) in [6.07, 6.45) is 3.51. The van der Waals surface area contributed by atoms with E-state index in [9.17, 15) is 8.42 Å². The number of hydrogen-bond acceptors (Lipinski definition) is 4. The Morgan fingerprint density at radius 2 is 2.22 bits per heavy atom. The average molecular weight is 290 g/mol. The third-order valence-corrected chi connectivity index (χ3v) is 4.29. The molecule has 0 unspecified atom stereocenters. The van der Waals surface area contributed by atoms with E-state index in [4.69, 9.17) is 11.6 Å². The molecular weight excluding hydrogens is 278 g/mol. The molecular formula is C9H12ClN5O2S. The first-order valence-corrected chi connectivity index (χ1v) is 7.04. The Hall–Kier alpha value is -1.54. The molecule has 2 aromatic rings. The summed E-state index contributed by atoms with van der Waals surface area (Å²) in [5.74, 6) is 0.342. The molecule has 0 radical (unpaired) electrons. The summed E-state index contributed by atoms with van der Waals surface area (Å²) in [4.78, 5) is 0. The van der Waals surface area contributed by atoms with Gasteiger partial charge in [-0.1, -0.05) is 18.5 Å². The summed E-state index contributed by atoms with van der Waals surface area (Å²) in [7, 11) is -2.28. The molecule has 2 heterocycles. The molecule has 0 amide bonds. The van der Waals surface area contributed by atoms with Crippen LogP contribution < -0.4 is 4.72 Å². The first kappa shape index (κ1) is 12.9. The highest BCUT2D eigenvalue weighted by atomic mass is 35.5. The van der Waals surface area contributed by atoms with Crippen LogP contribution in [0.2, 0.25) is 5.02 Å². The molecule has 98 valence electrons.